The molecule has 2 aromatic rings. The first-order valence-electron chi connectivity index (χ1n) is 6.81. The van der Waals surface area contributed by atoms with Crippen molar-refractivity contribution in [1.29, 1.82) is 0 Å². The predicted molar refractivity (Wildman–Crippen MR) is 78.0 cm³/mol. The van der Waals surface area contributed by atoms with Gasteiger partial charge in [-0.1, -0.05) is 41.9 Å². The maximum Gasteiger partial charge on any atom is 0.184 e. The number of rotatable bonds is 3. The fraction of sp³-hybridized carbons (Fsp3) is 0.333. The number of benzene rings is 1. The molecule has 0 unspecified atom stereocenters. The minimum absolute atomic E-state index is 0.0408. The van der Waals surface area contributed by atoms with E-state index in [1.54, 1.807) is 0 Å². The van der Waals surface area contributed by atoms with Crippen LogP contribution in [-0.2, 0) is 9.47 Å². The lowest BCUT2D eigenvalue weighted by Gasteiger charge is -2.36. The second-order valence-corrected chi connectivity index (χ2v) is 5.28. The summed E-state index contributed by atoms with van der Waals surface area (Å²) in [6.45, 7) is 0.0408. The zero-order chi connectivity index (χ0) is 15.5. The Kier molecular flexibility index (Phi) is 4.66. The molecule has 0 spiro atoms. The van der Waals surface area contributed by atoms with Gasteiger partial charge >= 0.3 is 0 Å². The second-order valence-electron chi connectivity index (χ2n) is 4.92. The van der Waals surface area contributed by atoms with Crippen LogP contribution in [0.5, 0.6) is 0 Å². The maximum absolute atomic E-state index is 10.4. The fourth-order valence-electron chi connectivity index (χ4n) is 2.31. The Morgan fingerprint density at radius 3 is 2.64 bits per heavy atom. The molecule has 116 valence electrons. The van der Waals surface area contributed by atoms with Gasteiger partial charge in [0.05, 0.1) is 6.61 Å². The van der Waals surface area contributed by atoms with E-state index < -0.39 is 24.6 Å². The van der Waals surface area contributed by atoms with E-state index >= 15 is 0 Å². The van der Waals surface area contributed by atoms with Crippen LogP contribution in [0.2, 0.25) is 5.15 Å². The van der Waals surface area contributed by atoms with E-state index in [2.05, 4.69) is 9.97 Å². The Morgan fingerprint density at radius 1 is 1.18 bits per heavy atom. The Hall–Kier alpha value is -1.57. The number of aliphatic hydroxyl groups is 2. The van der Waals surface area contributed by atoms with E-state index in [0.717, 1.165) is 5.56 Å². The van der Waals surface area contributed by atoms with E-state index in [1.807, 2.05) is 30.3 Å². The van der Waals surface area contributed by atoms with Gasteiger partial charge in [-0.2, -0.15) is 0 Å². The summed E-state index contributed by atoms with van der Waals surface area (Å²) in [5.74, 6) is 0. The molecule has 1 aliphatic heterocycles. The van der Waals surface area contributed by atoms with Crippen molar-refractivity contribution in [2.75, 3.05) is 6.61 Å². The molecule has 0 radical (unpaired) electrons. The molecule has 0 bridgehead atoms. The van der Waals surface area contributed by atoms with Crippen molar-refractivity contribution in [3.63, 3.8) is 0 Å². The molecule has 1 aliphatic rings. The van der Waals surface area contributed by atoms with Crippen molar-refractivity contribution in [2.24, 2.45) is 0 Å². The summed E-state index contributed by atoms with van der Waals surface area (Å²) < 4.78 is 11.2. The van der Waals surface area contributed by atoms with Gasteiger partial charge in [0.15, 0.2) is 11.4 Å². The van der Waals surface area contributed by atoms with Crippen molar-refractivity contribution in [2.45, 2.75) is 24.6 Å². The molecular formula is C15H15ClN2O4. The maximum atomic E-state index is 10.4. The topological polar surface area (TPSA) is 84.7 Å². The van der Waals surface area contributed by atoms with E-state index in [9.17, 15) is 10.2 Å². The van der Waals surface area contributed by atoms with E-state index in [1.165, 1.54) is 12.4 Å². The highest BCUT2D eigenvalue weighted by atomic mass is 35.5. The van der Waals surface area contributed by atoms with Gasteiger partial charge in [-0.25, -0.2) is 4.98 Å². The second kappa shape index (κ2) is 6.68. The first-order chi connectivity index (χ1) is 10.7. The van der Waals surface area contributed by atoms with Gasteiger partial charge in [-0.3, -0.25) is 4.98 Å². The lowest BCUT2D eigenvalue weighted by molar-refractivity contribution is -0.277. The minimum atomic E-state index is -1.20. The van der Waals surface area contributed by atoms with Crippen molar-refractivity contribution in [1.82, 2.24) is 9.97 Å². The summed E-state index contributed by atoms with van der Waals surface area (Å²) in [6, 6.07) is 9.30. The average molecular weight is 323 g/mol. The molecule has 4 atom stereocenters. The molecule has 22 heavy (non-hydrogen) atoms. The summed E-state index contributed by atoms with van der Waals surface area (Å²) in [4.78, 5) is 7.88. The van der Waals surface area contributed by atoms with Crippen LogP contribution in [0.1, 0.15) is 23.7 Å². The van der Waals surface area contributed by atoms with Crippen LogP contribution in [-0.4, -0.2) is 39.0 Å². The third-order valence-electron chi connectivity index (χ3n) is 3.42. The Morgan fingerprint density at radius 2 is 1.91 bits per heavy atom. The monoisotopic (exact) mass is 322 g/mol. The number of nitrogens with zero attached hydrogens (tertiary/aromatic N) is 2. The molecule has 2 N–H and O–H groups in total. The third kappa shape index (κ3) is 3.11. The molecule has 6 nitrogen and oxygen atoms in total. The van der Waals surface area contributed by atoms with Crippen molar-refractivity contribution in [3.8, 4) is 0 Å². The lowest BCUT2D eigenvalue weighted by atomic mass is 10.0. The van der Waals surface area contributed by atoms with Crippen molar-refractivity contribution < 1.29 is 19.7 Å². The van der Waals surface area contributed by atoms with Crippen LogP contribution in [0.25, 0.3) is 0 Å². The number of hydrogen-bond acceptors (Lipinski definition) is 6. The van der Waals surface area contributed by atoms with Gasteiger partial charge < -0.3 is 19.7 Å². The van der Waals surface area contributed by atoms with Gasteiger partial charge in [-0.15, -0.1) is 0 Å². The zero-order valence-corrected chi connectivity index (χ0v) is 12.3. The highest BCUT2D eigenvalue weighted by Crippen LogP contribution is 2.33. The SMILES string of the molecule is O[C@@H]1CO[C@H](c2ccccc2)O[C@@H]1[C@H](O)c1nccnc1Cl. The summed E-state index contributed by atoms with van der Waals surface area (Å²) in [5, 5.41) is 20.6. The number of aromatic nitrogens is 2. The molecule has 2 heterocycles. The predicted octanol–water partition coefficient (Wildman–Crippen LogP) is 1.64. The van der Waals surface area contributed by atoms with Crippen LogP contribution in [0.4, 0.5) is 0 Å². The van der Waals surface area contributed by atoms with E-state index in [-0.39, 0.29) is 17.5 Å². The first-order valence-corrected chi connectivity index (χ1v) is 7.19. The van der Waals surface area contributed by atoms with Crippen LogP contribution in [0, 0.1) is 0 Å². The smallest absolute Gasteiger partial charge is 0.184 e. The highest BCUT2D eigenvalue weighted by molar-refractivity contribution is 6.30. The minimum Gasteiger partial charge on any atom is -0.388 e. The number of ether oxygens (including phenoxy) is 2. The molecule has 0 aliphatic carbocycles. The summed E-state index contributed by atoms with van der Waals surface area (Å²) in [5.41, 5.74) is 0.971. The summed E-state index contributed by atoms with van der Waals surface area (Å²) in [6.07, 6.45) is -0.926. The van der Waals surface area contributed by atoms with Gasteiger partial charge in [0.25, 0.3) is 0 Å². The Labute approximate surface area is 132 Å². The number of aliphatic hydroxyl groups excluding tert-OH is 2. The standard InChI is InChI=1S/C15H15ClN2O4/c16-14-11(17-6-7-18-14)12(20)13-10(19)8-21-15(22-13)9-4-2-1-3-5-9/h1-7,10,12-13,15,19-20H,8H2/t10-,12-,13+,15+/m1/s1. The van der Waals surface area contributed by atoms with Crippen LogP contribution >= 0.6 is 11.6 Å². The normalized spacial score (nSPS) is 26.6. The lowest BCUT2D eigenvalue weighted by Crippen LogP contribution is -2.44. The molecule has 1 aromatic heterocycles. The number of hydrogen-bond donors (Lipinski definition) is 2. The van der Waals surface area contributed by atoms with Crippen LogP contribution in [0.15, 0.2) is 42.7 Å². The van der Waals surface area contributed by atoms with Crippen molar-refractivity contribution >= 4 is 11.6 Å². The summed E-state index contributed by atoms with van der Waals surface area (Å²) >= 11 is 5.94. The molecule has 0 saturated carbocycles. The van der Waals surface area contributed by atoms with Crippen molar-refractivity contribution in [3.05, 3.63) is 59.1 Å². The van der Waals surface area contributed by atoms with E-state index in [4.69, 9.17) is 21.1 Å². The van der Waals surface area contributed by atoms with Crippen LogP contribution < -0.4 is 0 Å². The Bertz CT molecular complexity index is 628. The zero-order valence-electron chi connectivity index (χ0n) is 11.5. The fourth-order valence-corrected chi connectivity index (χ4v) is 2.53. The van der Waals surface area contributed by atoms with E-state index in [0.29, 0.717) is 0 Å². The summed E-state index contributed by atoms with van der Waals surface area (Å²) in [7, 11) is 0. The molecular weight excluding hydrogens is 308 g/mol. The molecule has 7 heteroatoms. The molecule has 3 rings (SSSR count). The molecule has 1 aromatic carbocycles. The van der Waals surface area contributed by atoms with Gasteiger partial charge in [-0.05, 0) is 0 Å². The number of halogens is 1. The Balaban J connectivity index is 1.81. The largest absolute Gasteiger partial charge is 0.388 e. The molecule has 1 saturated heterocycles. The molecule has 0 amide bonds. The highest BCUT2D eigenvalue weighted by Gasteiger charge is 2.38. The van der Waals surface area contributed by atoms with Crippen LogP contribution in [0.3, 0.4) is 0 Å². The van der Waals surface area contributed by atoms with Gasteiger partial charge in [0.2, 0.25) is 0 Å². The van der Waals surface area contributed by atoms with Gasteiger partial charge in [0, 0.05) is 18.0 Å². The average Bonchev–Trinajstić information content (AvgIpc) is 2.56. The molecule has 1 fully saturated rings. The first kappa shape index (κ1) is 15.3. The van der Waals surface area contributed by atoms with Gasteiger partial charge in [0.1, 0.15) is 24.0 Å². The quantitative estimate of drug-likeness (QED) is 0.893. The third-order valence-corrected chi connectivity index (χ3v) is 3.71.